The normalized spacial score (nSPS) is 19.0. The zero-order chi connectivity index (χ0) is 14.3. The standard InChI is InChI=1S/C15H23NO3/c1-11(2)5-4-6-12(3)9-10-19-15(18)13-7-8-14(17)16-13/h5,9,13H,4,6-8,10H2,1-3H3,(H,16,17)/b12-9+. The molecule has 1 saturated heterocycles. The summed E-state index contributed by atoms with van der Waals surface area (Å²) in [6.07, 6.45) is 7.06. The fourth-order valence-electron chi connectivity index (χ4n) is 1.85. The van der Waals surface area contributed by atoms with Crippen LogP contribution >= 0.6 is 0 Å². The van der Waals surface area contributed by atoms with Crippen molar-refractivity contribution in [1.82, 2.24) is 5.32 Å². The lowest BCUT2D eigenvalue weighted by atomic mass is 10.1. The highest BCUT2D eigenvalue weighted by Gasteiger charge is 2.28. The Morgan fingerprint density at radius 2 is 2.11 bits per heavy atom. The van der Waals surface area contributed by atoms with Gasteiger partial charge in [0.1, 0.15) is 12.6 Å². The minimum absolute atomic E-state index is 0.0737. The predicted molar refractivity (Wildman–Crippen MR) is 74.5 cm³/mol. The molecule has 1 unspecified atom stereocenters. The van der Waals surface area contributed by atoms with E-state index in [1.54, 1.807) is 0 Å². The van der Waals surface area contributed by atoms with Gasteiger partial charge in [0, 0.05) is 6.42 Å². The first-order valence-corrected chi connectivity index (χ1v) is 6.74. The van der Waals surface area contributed by atoms with Gasteiger partial charge in [0.05, 0.1) is 0 Å². The smallest absolute Gasteiger partial charge is 0.328 e. The molecule has 1 heterocycles. The molecule has 1 atom stereocenters. The molecule has 1 aliphatic rings. The Balaban J connectivity index is 2.23. The van der Waals surface area contributed by atoms with Crippen molar-refractivity contribution >= 4 is 11.9 Å². The Kier molecular flexibility index (Phi) is 6.33. The van der Waals surface area contributed by atoms with Gasteiger partial charge in [-0.1, -0.05) is 17.2 Å². The highest BCUT2D eigenvalue weighted by Crippen LogP contribution is 2.09. The molecule has 0 saturated carbocycles. The van der Waals surface area contributed by atoms with Crippen molar-refractivity contribution < 1.29 is 14.3 Å². The number of esters is 1. The van der Waals surface area contributed by atoms with Crippen LogP contribution in [0, 0.1) is 0 Å². The summed E-state index contributed by atoms with van der Waals surface area (Å²) in [6, 6.07) is -0.452. The van der Waals surface area contributed by atoms with Crippen molar-refractivity contribution in [1.29, 1.82) is 0 Å². The first-order valence-electron chi connectivity index (χ1n) is 6.74. The second-order valence-corrected chi connectivity index (χ2v) is 5.16. The Hall–Kier alpha value is -1.58. The quantitative estimate of drug-likeness (QED) is 0.593. The van der Waals surface area contributed by atoms with Crippen LogP contribution in [0.3, 0.4) is 0 Å². The minimum atomic E-state index is -0.452. The molecule has 106 valence electrons. The number of hydrogen-bond donors (Lipinski definition) is 1. The predicted octanol–water partition coefficient (Wildman–Crippen LogP) is 2.50. The molecular formula is C15H23NO3. The number of nitrogens with one attached hydrogen (secondary N) is 1. The zero-order valence-electron chi connectivity index (χ0n) is 12.0. The maximum Gasteiger partial charge on any atom is 0.328 e. The average molecular weight is 265 g/mol. The van der Waals surface area contributed by atoms with Crippen LogP contribution in [-0.2, 0) is 14.3 Å². The highest BCUT2D eigenvalue weighted by atomic mass is 16.5. The lowest BCUT2D eigenvalue weighted by Gasteiger charge is -2.08. The monoisotopic (exact) mass is 265 g/mol. The molecule has 1 amide bonds. The molecule has 0 aromatic rings. The summed E-state index contributed by atoms with van der Waals surface area (Å²) in [5.41, 5.74) is 2.52. The Labute approximate surface area is 114 Å². The van der Waals surface area contributed by atoms with Gasteiger partial charge in [0.2, 0.25) is 5.91 Å². The number of amides is 1. The van der Waals surface area contributed by atoms with Crippen molar-refractivity contribution in [3.05, 3.63) is 23.3 Å². The van der Waals surface area contributed by atoms with Gasteiger partial charge in [0.15, 0.2) is 0 Å². The number of carbonyl (C=O) groups excluding carboxylic acids is 2. The highest BCUT2D eigenvalue weighted by molar-refractivity contribution is 5.88. The molecule has 1 fully saturated rings. The number of hydrogen-bond acceptors (Lipinski definition) is 3. The van der Waals surface area contributed by atoms with Crippen molar-refractivity contribution in [2.24, 2.45) is 0 Å². The Morgan fingerprint density at radius 3 is 2.68 bits per heavy atom. The molecular weight excluding hydrogens is 242 g/mol. The Bertz CT molecular complexity index is 392. The van der Waals surface area contributed by atoms with E-state index in [-0.39, 0.29) is 18.5 Å². The number of rotatable bonds is 6. The zero-order valence-corrected chi connectivity index (χ0v) is 12.0. The molecule has 4 heteroatoms. The third kappa shape index (κ3) is 6.22. The first kappa shape index (κ1) is 15.5. The molecule has 0 aromatic heterocycles. The van der Waals surface area contributed by atoms with E-state index in [9.17, 15) is 9.59 Å². The molecule has 1 aliphatic heterocycles. The molecule has 0 radical (unpaired) electrons. The van der Waals surface area contributed by atoms with E-state index < -0.39 is 6.04 Å². The van der Waals surface area contributed by atoms with Gasteiger partial charge in [-0.15, -0.1) is 0 Å². The second-order valence-electron chi connectivity index (χ2n) is 5.16. The molecule has 0 aromatic carbocycles. The van der Waals surface area contributed by atoms with Crippen LogP contribution in [-0.4, -0.2) is 24.5 Å². The number of ether oxygens (including phenoxy) is 1. The van der Waals surface area contributed by atoms with Gasteiger partial charge in [-0.2, -0.15) is 0 Å². The van der Waals surface area contributed by atoms with E-state index in [1.165, 1.54) is 11.1 Å². The molecule has 0 aliphatic carbocycles. The van der Waals surface area contributed by atoms with Crippen LogP contribution in [0.2, 0.25) is 0 Å². The van der Waals surface area contributed by atoms with Gasteiger partial charge in [-0.05, 0) is 46.1 Å². The summed E-state index contributed by atoms with van der Waals surface area (Å²) >= 11 is 0. The van der Waals surface area contributed by atoms with Crippen molar-refractivity contribution in [3.63, 3.8) is 0 Å². The van der Waals surface area contributed by atoms with Crippen molar-refractivity contribution in [2.45, 2.75) is 52.5 Å². The van der Waals surface area contributed by atoms with Gasteiger partial charge in [-0.25, -0.2) is 4.79 Å². The van der Waals surface area contributed by atoms with E-state index in [0.29, 0.717) is 12.8 Å². The van der Waals surface area contributed by atoms with E-state index in [0.717, 1.165) is 12.8 Å². The van der Waals surface area contributed by atoms with E-state index in [2.05, 4.69) is 25.2 Å². The van der Waals surface area contributed by atoms with Crippen molar-refractivity contribution in [3.8, 4) is 0 Å². The molecule has 0 bridgehead atoms. The van der Waals surface area contributed by atoms with Crippen LogP contribution in [0.1, 0.15) is 46.5 Å². The van der Waals surface area contributed by atoms with E-state index >= 15 is 0 Å². The van der Waals surface area contributed by atoms with Gasteiger partial charge in [-0.3, -0.25) is 4.79 Å². The summed E-state index contributed by atoms with van der Waals surface area (Å²) in [5, 5.41) is 2.60. The number of carbonyl (C=O) groups is 2. The van der Waals surface area contributed by atoms with E-state index in [4.69, 9.17) is 4.74 Å². The summed E-state index contributed by atoms with van der Waals surface area (Å²) in [5.74, 6) is -0.408. The summed E-state index contributed by atoms with van der Waals surface area (Å²) in [7, 11) is 0. The SMILES string of the molecule is CC(C)=CCC/C(C)=C/COC(=O)C1CCC(=O)N1. The van der Waals surface area contributed by atoms with Gasteiger partial charge >= 0.3 is 5.97 Å². The largest absolute Gasteiger partial charge is 0.460 e. The van der Waals surface area contributed by atoms with Crippen molar-refractivity contribution in [2.75, 3.05) is 6.61 Å². The lowest BCUT2D eigenvalue weighted by molar-refractivity contribution is -0.145. The molecule has 1 rings (SSSR count). The third-order valence-electron chi connectivity index (χ3n) is 3.03. The summed E-state index contributed by atoms with van der Waals surface area (Å²) in [6.45, 7) is 6.48. The molecule has 0 spiro atoms. The molecule has 4 nitrogen and oxygen atoms in total. The van der Waals surface area contributed by atoms with E-state index in [1.807, 2.05) is 13.0 Å². The molecule has 19 heavy (non-hydrogen) atoms. The van der Waals surface area contributed by atoms with Gasteiger partial charge in [0.25, 0.3) is 0 Å². The maximum atomic E-state index is 11.6. The third-order valence-corrected chi connectivity index (χ3v) is 3.03. The number of allylic oxidation sites excluding steroid dienone is 3. The lowest BCUT2D eigenvalue weighted by Crippen LogP contribution is -2.34. The summed E-state index contributed by atoms with van der Waals surface area (Å²) in [4.78, 5) is 22.6. The van der Waals surface area contributed by atoms with Crippen LogP contribution in [0.4, 0.5) is 0 Å². The maximum absolute atomic E-state index is 11.6. The van der Waals surface area contributed by atoms with Crippen LogP contribution in [0.15, 0.2) is 23.3 Å². The average Bonchev–Trinajstić information content (AvgIpc) is 2.75. The minimum Gasteiger partial charge on any atom is -0.460 e. The van der Waals surface area contributed by atoms with Crippen LogP contribution in [0.5, 0.6) is 0 Å². The fraction of sp³-hybridized carbons (Fsp3) is 0.600. The summed E-state index contributed by atoms with van der Waals surface area (Å²) < 4.78 is 5.13. The van der Waals surface area contributed by atoms with Gasteiger partial charge < -0.3 is 10.1 Å². The Morgan fingerprint density at radius 1 is 1.37 bits per heavy atom. The van der Waals surface area contributed by atoms with Crippen LogP contribution in [0.25, 0.3) is 0 Å². The first-order chi connectivity index (χ1) is 8.99. The topological polar surface area (TPSA) is 55.4 Å². The second kappa shape index (κ2) is 7.77. The fourth-order valence-corrected chi connectivity index (χ4v) is 1.85. The van der Waals surface area contributed by atoms with Crippen LogP contribution < -0.4 is 5.32 Å². The molecule has 1 N–H and O–H groups in total.